The van der Waals surface area contributed by atoms with Gasteiger partial charge in [0.2, 0.25) is 0 Å². The van der Waals surface area contributed by atoms with Gasteiger partial charge in [-0.25, -0.2) is 4.79 Å². The molecule has 4 nitrogen and oxygen atoms in total. The number of hydrogen-bond acceptors (Lipinski definition) is 2. The molecular weight excluding hydrogens is 216 g/mol. The van der Waals surface area contributed by atoms with E-state index in [-0.39, 0.29) is 18.7 Å². The van der Waals surface area contributed by atoms with Crippen LogP contribution < -0.4 is 5.32 Å². The van der Waals surface area contributed by atoms with E-state index in [9.17, 15) is 9.90 Å². The summed E-state index contributed by atoms with van der Waals surface area (Å²) in [4.78, 5) is 13.4. The van der Waals surface area contributed by atoms with Gasteiger partial charge in [0.1, 0.15) is 0 Å². The number of nitrogens with zero attached hydrogens (tertiary/aromatic N) is 1. The van der Waals surface area contributed by atoms with E-state index in [1.807, 2.05) is 30.3 Å². The molecule has 1 fully saturated rings. The van der Waals surface area contributed by atoms with E-state index in [1.165, 1.54) is 0 Å². The monoisotopic (exact) mass is 234 g/mol. The largest absolute Gasteiger partial charge is 0.394 e. The molecule has 4 heteroatoms. The molecule has 1 unspecified atom stereocenters. The molecule has 2 amide bonds. The second kappa shape index (κ2) is 5.68. The maximum atomic E-state index is 11.7. The summed E-state index contributed by atoms with van der Waals surface area (Å²) in [7, 11) is 0. The third-order valence-electron chi connectivity index (χ3n) is 3.08. The Hall–Kier alpha value is -1.55. The molecule has 1 aliphatic rings. The zero-order valence-electron chi connectivity index (χ0n) is 9.80. The van der Waals surface area contributed by atoms with Crippen LogP contribution in [0.15, 0.2) is 30.3 Å². The highest BCUT2D eigenvalue weighted by Crippen LogP contribution is 2.11. The third-order valence-corrected chi connectivity index (χ3v) is 3.08. The van der Waals surface area contributed by atoms with Gasteiger partial charge in [0.15, 0.2) is 0 Å². The standard InChI is InChI=1S/C13H18N2O2/c16-10-12(9-11-5-2-1-3-6-11)15-8-4-7-14-13(15)17/h1-3,5-6,12,16H,4,7-10H2,(H,14,17). The first-order valence-corrected chi connectivity index (χ1v) is 6.00. The highest BCUT2D eigenvalue weighted by Gasteiger charge is 2.25. The molecule has 1 saturated heterocycles. The maximum Gasteiger partial charge on any atom is 0.317 e. The summed E-state index contributed by atoms with van der Waals surface area (Å²) in [6.07, 6.45) is 1.64. The number of carbonyl (C=O) groups excluding carboxylic acids is 1. The topological polar surface area (TPSA) is 52.6 Å². The van der Waals surface area contributed by atoms with E-state index in [4.69, 9.17) is 0 Å². The van der Waals surface area contributed by atoms with E-state index < -0.39 is 0 Å². The molecule has 17 heavy (non-hydrogen) atoms. The summed E-state index contributed by atoms with van der Waals surface area (Å²) >= 11 is 0. The fraction of sp³-hybridized carbons (Fsp3) is 0.462. The number of nitrogens with one attached hydrogen (secondary N) is 1. The Morgan fingerprint density at radius 1 is 1.35 bits per heavy atom. The number of carbonyl (C=O) groups is 1. The van der Waals surface area contributed by atoms with Gasteiger partial charge in [0, 0.05) is 13.1 Å². The van der Waals surface area contributed by atoms with Crippen molar-refractivity contribution in [3.8, 4) is 0 Å². The van der Waals surface area contributed by atoms with Gasteiger partial charge in [-0.1, -0.05) is 30.3 Å². The minimum atomic E-state index is -0.127. The Labute approximate surface area is 101 Å². The number of benzene rings is 1. The number of rotatable bonds is 4. The van der Waals surface area contributed by atoms with Crippen LogP contribution in [0.2, 0.25) is 0 Å². The molecule has 0 aliphatic carbocycles. The lowest BCUT2D eigenvalue weighted by Gasteiger charge is -2.34. The molecule has 0 spiro atoms. The first kappa shape index (κ1) is 11.9. The molecule has 2 N–H and O–H groups in total. The SMILES string of the molecule is O=C1NCCCN1C(CO)Cc1ccccc1. The van der Waals surface area contributed by atoms with Crippen LogP contribution >= 0.6 is 0 Å². The summed E-state index contributed by atoms with van der Waals surface area (Å²) in [5.41, 5.74) is 1.14. The highest BCUT2D eigenvalue weighted by molar-refractivity contribution is 5.75. The highest BCUT2D eigenvalue weighted by atomic mass is 16.3. The predicted molar refractivity (Wildman–Crippen MR) is 65.7 cm³/mol. The fourth-order valence-corrected chi connectivity index (χ4v) is 2.16. The minimum Gasteiger partial charge on any atom is -0.394 e. The van der Waals surface area contributed by atoms with Gasteiger partial charge >= 0.3 is 6.03 Å². The fourth-order valence-electron chi connectivity index (χ4n) is 2.16. The van der Waals surface area contributed by atoms with Crippen molar-refractivity contribution in [3.63, 3.8) is 0 Å². The number of aliphatic hydroxyl groups excluding tert-OH is 1. The second-order valence-electron chi connectivity index (χ2n) is 4.30. The Bertz CT molecular complexity index is 367. The van der Waals surface area contributed by atoms with Gasteiger partial charge in [-0.15, -0.1) is 0 Å². The van der Waals surface area contributed by atoms with Gasteiger partial charge in [0.05, 0.1) is 12.6 Å². The quantitative estimate of drug-likeness (QED) is 0.816. The minimum absolute atomic E-state index is 0.00230. The summed E-state index contributed by atoms with van der Waals surface area (Å²) < 4.78 is 0. The van der Waals surface area contributed by atoms with Crippen LogP contribution in [0, 0.1) is 0 Å². The van der Waals surface area contributed by atoms with Gasteiger partial charge < -0.3 is 15.3 Å². The summed E-state index contributed by atoms with van der Waals surface area (Å²) in [6.45, 7) is 1.46. The molecule has 2 rings (SSSR count). The summed E-state index contributed by atoms with van der Waals surface area (Å²) in [5, 5.41) is 12.2. The molecule has 0 aromatic heterocycles. The number of amides is 2. The Morgan fingerprint density at radius 2 is 2.12 bits per heavy atom. The Balaban J connectivity index is 2.03. The van der Waals surface area contributed by atoms with E-state index in [0.29, 0.717) is 6.42 Å². The maximum absolute atomic E-state index is 11.7. The van der Waals surface area contributed by atoms with E-state index in [2.05, 4.69) is 5.32 Å². The van der Waals surface area contributed by atoms with Gasteiger partial charge in [-0.05, 0) is 18.4 Å². The van der Waals surface area contributed by atoms with Crippen molar-refractivity contribution in [1.82, 2.24) is 10.2 Å². The molecule has 0 saturated carbocycles. The molecule has 1 aliphatic heterocycles. The van der Waals surface area contributed by atoms with Crippen molar-refractivity contribution in [3.05, 3.63) is 35.9 Å². The average Bonchev–Trinajstić information content (AvgIpc) is 2.38. The lowest BCUT2D eigenvalue weighted by molar-refractivity contribution is 0.122. The van der Waals surface area contributed by atoms with Crippen molar-refractivity contribution in [1.29, 1.82) is 0 Å². The molecule has 1 aromatic carbocycles. The molecule has 92 valence electrons. The van der Waals surface area contributed by atoms with Crippen molar-refractivity contribution >= 4 is 6.03 Å². The average molecular weight is 234 g/mol. The third kappa shape index (κ3) is 2.97. The Morgan fingerprint density at radius 3 is 2.76 bits per heavy atom. The lowest BCUT2D eigenvalue weighted by Crippen LogP contribution is -2.53. The lowest BCUT2D eigenvalue weighted by atomic mass is 10.0. The first-order chi connectivity index (χ1) is 8.31. The summed E-state index contributed by atoms with van der Waals surface area (Å²) in [5.74, 6) is 0. The Kier molecular flexibility index (Phi) is 3.98. The van der Waals surface area contributed by atoms with Crippen LogP contribution in [0.5, 0.6) is 0 Å². The van der Waals surface area contributed by atoms with Crippen LogP contribution in [-0.4, -0.2) is 41.8 Å². The van der Waals surface area contributed by atoms with E-state index >= 15 is 0 Å². The van der Waals surface area contributed by atoms with Crippen LogP contribution in [0.4, 0.5) is 4.79 Å². The van der Waals surface area contributed by atoms with E-state index in [1.54, 1.807) is 4.90 Å². The molecule has 1 atom stereocenters. The van der Waals surface area contributed by atoms with Gasteiger partial charge in [0.25, 0.3) is 0 Å². The molecule has 1 heterocycles. The summed E-state index contributed by atoms with van der Waals surface area (Å²) in [6, 6.07) is 9.75. The molecule has 0 bridgehead atoms. The first-order valence-electron chi connectivity index (χ1n) is 6.00. The van der Waals surface area contributed by atoms with Crippen LogP contribution in [0.1, 0.15) is 12.0 Å². The van der Waals surface area contributed by atoms with Crippen LogP contribution in [0.3, 0.4) is 0 Å². The molecule has 1 aromatic rings. The normalized spacial score (nSPS) is 17.7. The van der Waals surface area contributed by atoms with Gasteiger partial charge in [-0.3, -0.25) is 0 Å². The van der Waals surface area contributed by atoms with Crippen molar-refractivity contribution in [2.45, 2.75) is 18.9 Å². The van der Waals surface area contributed by atoms with E-state index in [0.717, 1.165) is 25.1 Å². The zero-order chi connectivity index (χ0) is 12.1. The van der Waals surface area contributed by atoms with Crippen molar-refractivity contribution in [2.75, 3.05) is 19.7 Å². The molecule has 0 radical (unpaired) electrons. The van der Waals surface area contributed by atoms with Crippen molar-refractivity contribution in [2.24, 2.45) is 0 Å². The second-order valence-corrected chi connectivity index (χ2v) is 4.30. The zero-order valence-corrected chi connectivity index (χ0v) is 9.80. The van der Waals surface area contributed by atoms with Gasteiger partial charge in [-0.2, -0.15) is 0 Å². The predicted octanol–water partition coefficient (Wildman–Crippen LogP) is 1.01. The smallest absolute Gasteiger partial charge is 0.317 e. The molecular formula is C13H18N2O2. The van der Waals surface area contributed by atoms with Crippen molar-refractivity contribution < 1.29 is 9.90 Å². The van der Waals surface area contributed by atoms with Crippen LogP contribution in [0.25, 0.3) is 0 Å². The van der Waals surface area contributed by atoms with Crippen LogP contribution in [-0.2, 0) is 6.42 Å². The number of aliphatic hydroxyl groups is 1. The number of hydrogen-bond donors (Lipinski definition) is 2. The number of urea groups is 1.